The van der Waals surface area contributed by atoms with Gasteiger partial charge in [-0.15, -0.1) is 32.9 Å². The molecule has 8 unspecified atom stereocenters. The van der Waals surface area contributed by atoms with Crippen LogP contribution in [0.4, 0.5) is 0 Å². The molecule has 1 heterocycles. The summed E-state index contributed by atoms with van der Waals surface area (Å²) in [6.07, 6.45) is 8.61. The number of hydrogen-bond acceptors (Lipinski definition) is 29. The third-order valence-corrected chi connectivity index (χ3v) is 12.9. The van der Waals surface area contributed by atoms with Crippen LogP contribution in [0.25, 0.3) is 0 Å². The zero-order valence-corrected chi connectivity index (χ0v) is 60.2. The number of halogens is 1. The van der Waals surface area contributed by atoms with Crippen molar-refractivity contribution >= 4 is 40.7 Å². The molecule has 1 aromatic rings. The first kappa shape index (κ1) is 99.1. The van der Waals surface area contributed by atoms with E-state index in [0.717, 1.165) is 12.8 Å². The largest absolute Gasteiger partial charge is 0.463 e. The number of aliphatic hydroxyl groups excluding tert-OH is 7. The van der Waals surface area contributed by atoms with Gasteiger partial charge in [-0.3, -0.25) is 33.8 Å². The number of allylic oxidation sites excluding steroid dienone is 5. The maximum atomic E-state index is 12.2. The van der Waals surface area contributed by atoms with Gasteiger partial charge in [0.05, 0.1) is 112 Å². The number of carbonyl (C=O) groups is 5. The van der Waals surface area contributed by atoms with Gasteiger partial charge in [-0.2, -0.15) is 0 Å². The molecule has 0 saturated carbocycles. The molecule has 8 atom stereocenters. The summed E-state index contributed by atoms with van der Waals surface area (Å²) in [4.78, 5) is 67.4. The molecule has 100 heavy (non-hydrogen) atoms. The molecule has 9 N–H and O–H groups in total. The van der Waals surface area contributed by atoms with E-state index < -0.39 is 98.1 Å². The fraction of sp³-hybridized carbons (Fsp3) is 0.714. The van der Waals surface area contributed by atoms with E-state index in [1.165, 1.54) is 0 Å². The highest BCUT2D eigenvalue weighted by atomic mass is 35.5. The standard InChI is InChI=1S/C40H67NO15.C20H42O11.C5H7ClO.C5H5N/c1-7-11-15-37(43)52-27-33(22-47-20-19-31(5)6)51-30-36(56-41)24-48-23-34(49-25-32(21-42)55-40(46)18-14-10-4)26-50-35(28-53-38(44)16-12-8-2)29-54-39(45)17-13-9-3;1-15(2)3-4-27-12-19(8-24)29-11-17(26)9-28-13-20(30-10-16(25)5-21)14-31-18(6-22)7-23;1-2-3-4-5(6)7;1-2-4-6-5-3-1/h7-10,31-36,42H,1-4,11-30,41H2,5-6H3;15-26H,3-14H2,1-2H3;2H,1,3-4H2;1-5H. The molecule has 0 aliphatic rings. The number of pyridine rings is 1. The Hall–Kier alpha value is -5.07. The molecule has 0 amide bonds. The van der Waals surface area contributed by atoms with Gasteiger partial charge in [0, 0.05) is 57.7 Å². The van der Waals surface area contributed by atoms with Crippen LogP contribution in [0.2, 0.25) is 0 Å². The first-order valence-electron chi connectivity index (χ1n) is 33.6. The van der Waals surface area contributed by atoms with Crippen molar-refractivity contribution in [2.24, 2.45) is 17.7 Å². The first-order chi connectivity index (χ1) is 48.1. The number of rotatable bonds is 64. The number of carbonyl (C=O) groups excluding carboxylic acids is 5. The van der Waals surface area contributed by atoms with Gasteiger partial charge < -0.3 is 102 Å². The topological polar surface area (TPSA) is 404 Å². The molecule has 30 heteroatoms. The SMILES string of the molecule is C=CCCC(=O)Cl.C=CCCC(=O)OCC(COCCC(C)C)OCC(COCC(COC(COC(=O)CCC=C)COC(=O)CCC=C)OCC(CO)OC(=O)CCC=C)ON.CC(C)CCOCC(CO)OCC(O)COCC(COC(CO)CO)OCC(O)CO.c1ccncc1. The van der Waals surface area contributed by atoms with Crippen LogP contribution in [0.5, 0.6) is 0 Å². The van der Waals surface area contributed by atoms with Crippen molar-refractivity contribution < 1.29 is 131 Å². The third-order valence-electron chi connectivity index (χ3n) is 12.8. The summed E-state index contributed by atoms with van der Waals surface area (Å²) in [6.45, 7) is 24.3. The normalized spacial score (nSPS) is 13.5. The fourth-order valence-electron chi connectivity index (χ4n) is 6.87. The minimum atomic E-state index is -1.06. The first-order valence-corrected chi connectivity index (χ1v) is 34.0. The molecular formula is C70H121ClN2O27. The Morgan fingerprint density at radius 2 is 0.740 bits per heavy atom. The van der Waals surface area contributed by atoms with E-state index in [0.29, 0.717) is 63.6 Å². The van der Waals surface area contributed by atoms with E-state index in [1.807, 2.05) is 18.2 Å². The summed E-state index contributed by atoms with van der Waals surface area (Å²) < 4.78 is 77.9. The average Bonchev–Trinajstić information content (AvgIpc) is 1.06. The van der Waals surface area contributed by atoms with Crippen LogP contribution in [0.15, 0.2) is 93.9 Å². The summed E-state index contributed by atoms with van der Waals surface area (Å²) in [7, 11) is 0. The van der Waals surface area contributed by atoms with Gasteiger partial charge in [-0.25, -0.2) is 5.90 Å². The fourth-order valence-corrected chi connectivity index (χ4v) is 6.98. The van der Waals surface area contributed by atoms with E-state index in [1.54, 1.807) is 42.8 Å². The number of aromatic nitrogens is 1. The van der Waals surface area contributed by atoms with Crippen LogP contribution >= 0.6 is 11.6 Å². The summed E-state index contributed by atoms with van der Waals surface area (Å²) in [5.74, 6) is 4.64. The number of aliphatic hydroxyl groups is 7. The van der Waals surface area contributed by atoms with Crippen molar-refractivity contribution in [3.8, 4) is 0 Å². The Morgan fingerprint density at radius 3 is 1.12 bits per heavy atom. The predicted octanol–water partition coefficient (Wildman–Crippen LogP) is 4.59. The van der Waals surface area contributed by atoms with Crippen LogP contribution in [0, 0.1) is 11.8 Å². The lowest BCUT2D eigenvalue weighted by atomic mass is 10.1. The van der Waals surface area contributed by atoms with E-state index in [4.69, 9.17) is 104 Å². The second kappa shape index (κ2) is 72.3. The van der Waals surface area contributed by atoms with Crippen LogP contribution in [-0.2, 0) is 95.1 Å². The maximum absolute atomic E-state index is 12.2. The Bertz CT molecular complexity index is 2080. The van der Waals surface area contributed by atoms with Gasteiger partial charge in [0.2, 0.25) is 5.24 Å². The highest BCUT2D eigenvalue weighted by Gasteiger charge is 2.24. The third kappa shape index (κ3) is 67.4. The van der Waals surface area contributed by atoms with E-state index in [2.05, 4.69) is 65.6 Å². The van der Waals surface area contributed by atoms with Crippen LogP contribution in [0.1, 0.15) is 105 Å². The number of hydrogen-bond donors (Lipinski definition) is 8. The summed E-state index contributed by atoms with van der Waals surface area (Å²) in [5, 5.41) is 65.3. The molecule has 580 valence electrons. The molecule has 29 nitrogen and oxygen atoms in total. The average molecular weight is 1460 g/mol. The molecule has 0 fully saturated rings. The molecule has 0 aromatic carbocycles. The van der Waals surface area contributed by atoms with Crippen molar-refractivity contribution in [1.29, 1.82) is 0 Å². The quantitative estimate of drug-likeness (QED) is 0.0110. The van der Waals surface area contributed by atoms with E-state index in [9.17, 15) is 44.4 Å². The van der Waals surface area contributed by atoms with Crippen molar-refractivity contribution in [2.45, 2.75) is 166 Å². The second-order valence-corrected chi connectivity index (χ2v) is 23.4. The molecule has 1 aromatic heterocycles. The van der Waals surface area contributed by atoms with E-state index >= 15 is 0 Å². The van der Waals surface area contributed by atoms with Gasteiger partial charge in [0.1, 0.15) is 80.9 Å². The highest BCUT2D eigenvalue weighted by molar-refractivity contribution is 6.63. The Balaban J connectivity index is -0.00000176. The molecular weight excluding hydrogens is 1340 g/mol. The zero-order valence-electron chi connectivity index (χ0n) is 59.5. The zero-order chi connectivity index (χ0) is 75.2. The van der Waals surface area contributed by atoms with Gasteiger partial charge in [-0.05, 0) is 80.5 Å². The van der Waals surface area contributed by atoms with E-state index in [-0.39, 0.29) is 150 Å². The van der Waals surface area contributed by atoms with Crippen molar-refractivity contribution in [2.75, 3.05) is 145 Å². The second-order valence-electron chi connectivity index (χ2n) is 23.0. The summed E-state index contributed by atoms with van der Waals surface area (Å²) in [6, 6.07) is 5.72. The number of nitrogens with two attached hydrogens (primary N) is 1. The van der Waals surface area contributed by atoms with Gasteiger partial charge in [0.25, 0.3) is 0 Å². The van der Waals surface area contributed by atoms with Crippen molar-refractivity contribution in [3.05, 3.63) is 93.9 Å². The van der Waals surface area contributed by atoms with Gasteiger partial charge in [-0.1, -0.05) is 64.1 Å². The molecule has 0 aliphatic carbocycles. The minimum Gasteiger partial charge on any atom is -0.463 e. The lowest BCUT2D eigenvalue weighted by Crippen LogP contribution is -2.38. The van der Waals surface area contributed by atoms with Crippen molar-refractivity contribution in [3.63, 3.8) is 0 Å². The Kier molecular flexibility index (Phi) is 71.6. The number of ether oxygens (including phenoxy) is 14. The molecule has 0 radical (unpaired) electrons. The number of nitrogens with zero attached hydrogens (tertiary/aromatic N) is 1. The number of esters is 4. The molecule has 0 spiro atoms. The highest BCUT2D eigenvalue weighted by Crippen LogP contribution is 2.11. The predicted molar refractivity (Wildman–Crippen MR) is 372 cm³/mol. The smallest absolute Gasteiger partial charge is 0.306 e. The molecule has 0 aliphatic heterocycles. The monoisotopic (exact) mass is 1460 g/mol. The Morgan fingerprint density at radius 1 is 0.400 bits per heavy atom. The molecule has 0 bridgehead atoms. The van der Waals surface area contributed by atoms with Crippen LogP contribution in [-0.4, -0.2) is 276 Å². The summed E-state index contributed by atoms with van der Waals surface area (Å²) >= 11 is 4.97. The molecule has 1 rings (SSSR count). The van der Waals surface area contributed by atoms with Gasteiger partial charge in [0.15, 0.2) is 0 Å². The van der Waals surface area contributed by atoms with Gasteiger partial charge >= 0.3 is 23.9 Å². The Labute approximate surface area is 597 Å². The lowest BCUT2D eigenvalue weighted by molar-refractivity contribution is -0.167. The maximum Gasteiger partial charge on any atom is 0.306 e. The lowest BCUT2D eigenvalue weighted by Gasteiger charge is -2.25. The van der Waals surface area contributed by atoms with Crippen LogP contribution in [0.3, 0.4) is 0 Å². The summed E-state index contributed by atoms with van der Waals surface area (Å²) in [5.41, 5.74) is 0. The van der Waals surface area contributed by atoms with Crippen molar-refractivity contribution in [1.82, 2.24) is 4.98 Å². The van der Waals surface area contributed by atoms with Crippen LogP contribution < -0.4 is 5.90 Å². The minimum absolute atomic E-state index is 0.000523. The molecule has 0 saturated heterocycles.